The summed E-state index contributed by atoms with van der Waals surface area (Å²) >= 11 is 0. The SMILES string of the molecule is Cc1[nH]nc2c1CN(C(O)N1CCNCC1)C2. The number of aliphatic hydroxyl groups excluding tert-OH is 1. The number of hydrogen-bond donors (Lipinski definition) is 3. The minimum Gasteiger partial charge on any atom is -0.365 e. The first-order chi connectivity index (χ1) is 8.25. The van der Waals surface area contributed by atoms with Crippen LogP contribution in [0.1, 0.15) is 17.0 Å². The highest BCUT2D eigenvalue weighted by molar-refractivity contribution is 5.27. The van der Waals surface area contributed by atoms with Gasteiger partial charge in [-0.15, -0.1) is 0 Å². The molecule has 2 aliphatic rings. The summed E-state index contributed by atoms with van der Waals surface area (Å²) in [4.78, 5) is 4.19. The predicted molar refractivity (Wildman–Crippen MR) is 63.0 cm³/mol. The van der Waals surface area contributed by atoms with E-state index in [2.05, 4.69) is 25.3 Å². The van der Waals surface area contributed by atoms with Gasteiger partial charge in [0.25, 0.3) is 0 Å². The Morgan fingerprint density at radius 3 is 2.71 bits per heavy atom. The molecule has 1 aromatic rings. The lowest BCUT2D eigenvalue weighted by atomic mass is 10.2. The molecular weight excluding hydrogens is 218 g/mol. The van der Waals surface area contributed by atoms with Crippen LogP contribution in [-0.2, 0) is 13.1 Å². The van der Waals surface area contributed by atoms with Crippen LogP contribution in [0, 0.1) is 6.92 Å². The minimum atomic E-state index is -0.481. The number of rotatable bonds is 2. The fraction of sp³-hybridized carbons (Fsp3) is 0.727. The van der Waals surface area contributed by atoms with Gasteiger partial charge in [-0.2, -0.15) is 5.10 Å². The Bertz CT molecular complexity index is 399. The number of aliphatic hydroxyl groups is 1. The Morgan fingerprint density at radius 2 is 2.00 bits per heavy atom. The van der Waals surface area contributed by atoms with Gasteiger partial charge in [-0.3, -0.25) is 14.9 Å². The maximum absolute atomic E-state index is 10.3. The molecule has 1 fully saturated rings. The van der Waals surface area contributed by atoms with Gasteiger partial charge in [0.15, 0.2) is 6.35 Å². The summed E-state index contributed by atoms with van der Waals surface area (Å²) < 4.78 is 0. The molecule has 1 saturated heterocycles. The third kappa shape index (κ3) is 1.97. The fourth-order valence-corrected chi connectivity index (χ4v) is 2.60. The van der Waals surface area contributed by atoms with E-state index in [0.29, 0.717) is 0 Å². The molecule has 17 heavy (non-hydrogen) atoms. The molecule has 94 valence electrons. The maximum Gasteiger partial charge on any atom is 0.166 e. The van der Waals surface area contributed by atoms with E-state index in [0.717, 1.165) is 50.7 Å². The maximum atomic E-state index is 10.3. The average Bonchev–Trinajstić information content (AvgIpc) is 2.92. The third-order valence-corrected chi connectivity index (χ3v) is 3.68. The number of aromatic nitrogens is 2. The number of fused-ring (bicyclic) bond motifs is 1. The molecular formula is C11H19N5O. The Labute approximate surface area is 101 Å². The second-order valence-electron chi connectivity index (χ2n) is 4.81. The average molecular weight is 237 g/mol. The molecule has 3 rings (SSSR count). The minimum absolute atomic E-state index is 0.481. The highest BCUT2D eigenvalue weighted by atomic mass is 16.3. The molecule has 0 spiro atoms. The van der Waals surface area contributed by atoms with E-state index in [1.807, 2.05) is 6.92 Å². The summed E-state index contributed by atoms with van der Waals surface area (Å²) in [6.07, 6.45) is -0.481. The molecule has 1 atom stereocenters. The summed E-state index contributed by atoms with van der Waals surface area (Å²) in [5.74, 6) is 0. The van der Waals surface area contributed by atoms with Gasteiger partial charge in [-0.05, 0) is 6.92 Å². The zero-order valence-electron chi connectivity index (χ0n) is 10.1. The standard InChI is InChI=1S/C11H19N5O/c1-8-9-6-16(7-10(9)14-13-8)11(17)15-4-2-12-3-5-15/h11-12,17H,2-7H2,1H3,(H,13,14). The number of H-pyrrole nitrogens is 1. The predicted octanol–water partition coefficient (Wildman–Crippen LogP) is -0.785. The number of piperazine rings is 1. The van der Waals surface area contributed by atoms with Crippen LogP contribution in [0.2, 0.25) is 0 Å². The first-order valence-electron chi connectivity index (χ1n) is 6.15. The second kappa shape index (κ2) is 4.38. The van der Waals surface area contributed by atoms with Crippen molar-refractivity contribution in [3.63, 3.8) is 0 Å². The molecule has 6 nitrogen and oxygen atoms in total. The molecule has 0 amide bonds. The van der Waals surface area contributed by atoms with Gasteiger partial charge in [0, 0.05) is 50.5 Å². The zero-order chi connectivity index (χ0) is 11.8. The molecule has 3 N–H and O–H groups in total. The van der Waals surface area contributed by atoms with Gasteiger partial charge >= 0.3 is 0 Å². The van der Waals surface area contributed by atoms with Crippen molar-refractivity contribution in [1.29, 1.82) is 0 Å². The normalized spacial score (nSPS) is 23.9. The quantitative estimate of drug-likeness (QED) is 0.629. The summed E-state index contributed by atoms with van der Waals surface area (Å²) in [6.45, 7) is 7.28. The topological polar surface area (TPSA) is 67.4 Å². The van der Waals surface area contributed by atoms with Crippen molar-refractivity contribution in [2.75, 3.05) is 26.2 Å². The zero-order valence-corrected chi connectivity index (χ0v) is 10.1. The van der Waals surface area contributed by atoms with E-state index < -0.39 is 6.35 Å². The van der Waals surface area contributed by atoms with Crippen LogP contribution >= 0.6 is 0 Å². The number of hydrogen-bond acceptors (Lipinski definition) is 5. The number of aryl methyl sites for hydroxylation is 1. The lowest BCUT2D eigenvalue weighted by Gasteiger charge is -2.36. The van der Waals surface area contributed by atoms with Crippen molar-refractivity contribution in [3.05, 3.63) is 17.0 Å². The van der Waals surface area contributed by atoms with Crippen molar-refractivity contribution in [2.24, 2.45) is 0 Å². The monoisotopic (exact) mass is 237 g/mol. The van der Waals surface area contributed by atoms with Gasteiger partial charge in [0.2, 0.25) is 0 Å². The highest BCUT2D eigenvalue weighted by Crippen LogP contribution is 2.25. The first kappa shape index (κ1) is 11.2. The van der Waals surface area contributed by atoms with Crippen LogP contribution in [-0.4, -0.2) is 57.6 Å². The van der Waals surface area contributed by atoms with Crippen molar-refractivity contribution >= 4 is 0 Å². The van der Waals surface area contributed by atoms with E-state index in [4.69, 9.17) is 0 Å². The van der Waals surface area contributed by atoms with Crippen molar-refractivity contribution in [1.82, 2.24) is 25.3 Å². The number of aromatic amines is 1. The van der Waals surface area contributed by atoms with E-state index >= 15 is 0 Å². The van der Waals surface area contributed by atoms with E-state index in [1.165, 1.54) is 5.56 Å². The van der Waals surface area contributed by atoms with Gasteiger partial charge in [0.05, 0.1) is 5.69 Å². The Morgan fingerprint density at radius 1 is 1.24 bits per heavy atom. The number of nitrogens with zero attached hydrogens (tertiary/aromatic N) is 3. The second-order valence-corrected chi connectivity index (χ2v) is 4.81. The summed E-state index contributed by atoms with van der Waals surface area (Å²) in [5.41, 5.74) is 3.45. The van der Waals surface area contributed by atoms with Gasteiger partial charge in [0.1, 0.15) is 0 Å². The molecule has 0 saturated carbocycles. The Balaban J connectivity index is 1.67. The molecule has 0 aliphatic carbocycles. The largest absolute Gasteiger partial charge is 0.365 e. The Kier molecular flexibility index (Phi) is 2.87. The molecule has 0 bridgehead atoms. The molecule has 6 heteroatoms. The lowest BCUT2D eigenvalue weighted by Crippen LogP contribution is -2.53. The van der Waals surface area contributed by atoms with Crippen LogP contribution < -0.4 is 5.32 Å². The first-order valence-corrected chi connectivity index (χ1v) is 6.15. The molecule has 1 aromatic heterocycles. The lowest BCUT2D eigenvalue weighted by molar-refractivity contribution is -0.119. The van der Waals surface area contributed by atoms with Crippen LogP contribution in [0.3, 0.4) is 0 Å². The Hall–Kier alpha value is -0.950. The van der Waals surface area contributed by atoms with Crippen LogP contribution in [0.25, 0.3) is 0 Å². The molecule has 3 heterocycles. The van der Waals surface area contributed by atoms with Crippen molar-refractivity contribution in [2.45, 2.75) is 26.4 Å². The van der Waals surface area contributed by atoms with E-state index in [9.17, 15) is 5.11 Å². The van der Waals surface area contributed by atoms with E-state index in [1.54, 1.807) is 0 Å². The highest BCUT2D eigenvalue weighted by Gasteiger charge is 2.31. The van der Waals surface area contributed by atoms with Gasteiger partial charge in [-0.1, -0.05) is 0 Å². The summed E-state index contributed by atoms with van der Waals surface area (Å²) in [5, 5.41) is 20.9. The van der Waals surface area contributed by atoms with Gasteiger partial charge < -0.3 is 10.4 Å². The van der Waals surface area contributed by atoms with Crippen LogP contribution in [0.4, 0.5) is 0 Å². The number of nitrogens with one attached hydrogen (secondary N) is 2. The summed E-state index contributed by atoms with van der Waals surface area (Å²) in [6, 6.07) is 0. The molecule has 1 unspecified atom stereocenters. The van der Waals surface area contributed by atoms with Crippen molar-refractivity contribution < 1.29 is 5.11 Å². The third-order valence-electron chi connectivity index (χ3n) is 3.68. The molecule has 0 radical (unpaired) electrons. The molecule has 0 aromatic carbocycles. The van der Waals surface area contributed by atoms with Crippen LogP contribution in [0.5, 0.6) is 0 Å². The van der Waals surface area contributed by atoms with Gasteiger partial charge in [-0.25, -0.2) is 0 Å². The van der Waals surface area contributed by atoms with Crippen molar-refractivity contribution in [3.8, 4) is 0 Å². The smallest absolute Gasteiger partial charge is 0.166 e. The molecule has 2 aliphatic heterocycles. The summed E-state index contributed by atoms with van der Waals surface area (Å²) in [7, 11) is 0. The van der Waals surface area contributed by atoms with Crippen LogP contribution in [0.15, 0.2) is 0 Å². The van der Waals surface area contributed by atoms with E-state index in [-0.39, 0.29) is 0 Å². The fourth-order valence-electron chi connectivity index (χ4n) is 2.60.